The predicted molar refractivity (Wildman–Crippen MR) is 32.6 cm³/mol. The van der Waals surface area contributed by atoms with Gasteiger partial charge >= 0.3 is 0 Å². The van der Waals surface area contributed by atoms with Gasteiger partial charge in [0, 0.05) is 7.11 Å². The minimum Gasteiger partial charge on any atom is -0.395 e. The van der Waals surface area contributed by atoms with Crippen LogP contribution in [0.15, 0.2) is 0 Å². The third-order valence-electron chi connectivity index (χ3n) is 0.735. The standard InChI is InChI=1S/C5H13NO3/c1-5(3-7)6-9-4-8-2/h5-7H,3-4H2,1-2H3/t5-/m0/s1. The van der Waals surface area contributed by atoms with Crippen LogP contribution >= 0.6 is 0 Å². The van der Waals surface area contributed by atoms with Gasteiger partial charge in [0.15, 0.2) is 6.79 Å². The molecule has 0 aliphatic rings. The molecule has 0 aromatic rings. The zero-order valence-corrected chi connectivity index (χ0v) is 5.76. The Morgan fingerprint density at radius 2 is 2.33 bits per heavy atom. The van der Waals surface area contributed by atoms with Crippen molar-refractivity contribution in [2.45, 2.75) is 13.0 Å². The summed E-state index contributed by atoms with van der Waals surface area (Å²) in [7, 11) is 1.53. The molecule has 4 nitrogen and oxygen atoms in total. The maximum atomic E-state index is 8.45. The number of hydrogen-bond acceptors (Lipinski definition) is 4. The first-order chi connectivity index (χ1) is 4.31. The van der Waals surface area contributed by atoms with Gasteiger partial charge in [-0.05, 0) is 6.92 Å². The van der Waals surface area contributed by atoms with E-state index in [9.17, 15) is 0 Å². The molecule has 0 unspecified atom stereocenters. The van der Waals surface area contributed by atoms with E-state index >= 15 is 0 Å². The predicted octanol–water partition coefficient (Wildman–Crippen LogP) is -0.508. The van der Waals surface area contributed by atoms with Gasteiger partial charge in [-0.3, -0.25) is 4.84 Å². The number of methoxy groups -OCH3 is 1. The van der Waals surface area contributed by atoms with Crippen molar-refractivity contribution < 1.29 is 14.7 Å². The summed E-state index contributed by atoms with van der Waals surface area (Å²) in [6, 6.07) is -0.0415. The van der Waals surface area contributed by atoms with E-state index < -0.39 is 0 Å². The number of hydroxylamine groups is 1. The smallest absolute Gasteiger partial charge is 0.166 e. The van der Waals surface area contributed by atoms with Crippen LogP contribution in [0.4, 0.5) is 0 Å². The lowest BCUT2D eigenvalue weighted by molar-refractivity contribution is -0.0966. The third-order valence-corrected chi connectivity index (χ3v) is 0.735. The molecule has 0 radical (unpaired) electrons. The molecule has 0 aliphatic carbocycles. The van der Waals surface area contributed by atoms with Crippen molar-refractivity contribution in [3.8, 4) is 0 Å². The van der Waals surface area contributed by atoms with Gasteiger partial charge < -0.3 is 9.84 Å². The lowest BCUT2D eigenvalue weighted by Crippen LogP contribution is -2.29. The summed E-state index contributed by atoms with van der Waals surface area (Å²) in [5.74, 6) is 0. The number of aliphatic hydroxyl groups is 1. The summed E-state index contributed by atoms with van der Waals surface area (Å²) in [6.07, 6.45) is 0. The van der Waals surface area contributed by atoms with Crippen LogP contribution in [0, 0.1) is 0 Å². The molecule has 0 saturated heterocycles. The quantitative estimate of drug-likeness (QED) is 0.303. The molecule has 0 bridgehead atoms. The van der Waals surface area contributed by atoms with E-state index in [0.717, 1.165) is 0 Å². The second-order valence-electron chi connectivity index (χ2n) is 1.75. The van der Waals surface area contributed by atoms with Crippen molar-refractivity contribution >= 4 is 0 Å². The van der Waals surface area contributed by atoms with E-state index in [1.54, 1.807) is 6.92 Å². The van der Waals surface area contributed by atoms with Gasteiger partial charge in [-0.2, -0.15) is 5.48 Å². The molecule has 0 spiro atoms. The maximum Gasteiger partial charge on any atom is 0.166 e. The zero-order valence-electron chi connectivity index (χ0n) is 5.76. The van der Waals surface area contributed by atoms with Crippen LogP contribution in [0.3, 0.4) is 0 Å². The van der Waals surface area contributed by atoms with E-state index in [-0.39, 0.29) is 19.4 Å². The second-order valence-corrected chi connectivity index (χ2v) is 1.75. The highest BCUT2D eigenvalue weighted by Gasteiger charge is 1.95. The van der Waals surface area contributed by atoms with Crippen molar-refractivity contribution in [3.63, 3.8) is 0 Å². The first-order valence-electron chi connectivity index (χ1n) is 2.78. The fourth-order valence-electron chi connectivity index (χ4n) is 0.272. The lowest BCUT2D eigenvalue weighted by Gasteiger charge is -2.08. The number of ether oxygens (including phenoxy) is 1. The molecule has 0 saturated carbocycles. The average Bonchev–Trinajstić information content (AvgIpc) is 1.89. The molecule has 0 aromatic carbocycles. The highest BCUT2D eigenvalue weighted by atomic mass is 16.7. The van der Waals surface area contributed by atoms with Gasteiger partial charge in [-0.25, -0.2) is 0 Å². The Kier molecular flexibility index (Phi) is 5.86. The molecule has 56 valence electrons. The Bertz CT molecular complexity index is 60.2. The first kappa shape index (κ1) is 8.84. The molecular formula is C5H13NO3. The average molecular weight is 135 g/mol. The molecule has 0 aliphatic heterocycles. The van der Waals surface area contributed by atoms with Crippen LogP contribution in [0.2, 0.25) is 0 Å². The van der Waals surface area contributed by atoms with Crippen LogP contribution in [0.5, 0.6) is 0 Å². The van der Waals surface area contributed by atoms with Crippen molar-refractivity contribution in [2.24, 2.45) is 0 Å². The van der Waals surface area contributed by atoms with Crippen LogP contribution < -0.4 is 5.48 Å². The lowest BCUT2D eigenvalue weighted by atomic mass is 10.4. The highest BCUT2D eigenvalue weighted by Crippen LogP contribution is 1.77. The number of aliphatic hydroxyl groups excluding tert-OH is 1. The number of hydrogen-bond donors (Lipinski definition) is 2. The minimum atomic E-state index is -0.0415. The van der Waals surface area contributed by atoms with Crippen molar-refractivity contribution in [2.75, 3.05) is 20.5 Å². The van der Waals surface area contributed by atoms with E-state index in [2.05, 4.69) is 10.2 Å². The molecule has 1 atom stereocenters. The van der Waals surface area contributed by atoms with Crippen LogP contribution in [-0.2, 0) is 9.57 Å². The van der Waals surface area contributed by atoms with Gasteiger partial charge in [0.25, 0.3) is 0 Å². The Morgan fingerprint density at radius 3 is 2.78 bits per heavy atom. The van der Waals surface area contributed by atoms with Gasteiger partial charge in [-0.15, -0.1) is 0 Å². The maximum absolute atomic E-state index is 8.45. The molecule has 2 N–H and O–H groups in total. The van der Waals surface area contributed by atoms with Crippen molar-refractivity contribution in [3.05, 3.63) is 0 Å². The molecule has 0 amide bonds. The largest absolute Gasteiger partial charge is 0.395 e. The fourth-order valence-corrected chi connectivity index (χ4v) is 0.272. The van der Waals surface area contributed by atoms with Gasteiger partial charge in [0.1, 0.15) is 0 Å². The molecule has 4 heteroatoms. The highest BCUT2D eigenvalue weighted by molar-refractivity contribution is 4.46. The van der Waals surface area contributed by atoms with Gasteiger partial charge in [0.2, 0.25) is 0 Å². The van der Waals surface area contributed by atoms with Crippen LogP contribution in [0.25, 0.3) is 0 Å². The first-order valence-corrected chi connectivity index (χ1v) is 2.78. The molecule has 0 rings (SSSR count). The SMILES string of the molecule is COCON[C@@H](C)CO. The molecular weight excluding hydrogens is 122 g/mol. The van der Waals surface area contributed by atoms with Gasteiger partial charge in [0.05, 0.1) is 12.6 Å². The third kappa shape index (κ3) is 5.72. The minimum absolute atomic E-state index is 0.0415. The monoisotopic (exact) mass is 135 g/mol. The molecule has 9 heavy (non-hydrogen) atoms. The molecule has 0 aromatic heterocycles. The summed E-state index contributed by atoms with van der Waals surface area (Å²) >= 11 is 0. The van der Waals surface area contributed by atoms with Crippen molar-refractivity contribution in [1.29, 1.82) is 0 Å². The van der Waals surface area contributed by atoms with E-state index in [4.69, 9.17) is 9.94 Å². The van der Waals surface area contributed by atoms with Crippen molar-refractivity contribution in [1.82, 2.24) is 5.48 Å². The Balaban J connectivity index is 2.88. The van der Waals surface area contributed by atoms with E-state index in [1.807, 2.05) is 0 Å². The summed E-state index contributed by atoms with van der Waals surface area (Å²) < 4.78 is 4.57. The number of nitrogens with one attached hydrogen (secondary N) is 1. The molecule has 0 fully saturated rings. The fraction of sp³-hybridized carbons (Fsp3) is 1.00. The van der Waals surface area contributed by atoms with E-state index in [0.29, 0.717) is 0 Å². The van der Waals surface area contributed by atoms with E-state index in [1.165, 1.54) is 7.11 Å². The summed E-state index contributed by atoms with van der Waals surface area (Å²) in [5, 5.41) is 8.45. The molecule has 0 heterocycles. The Hall–Kier alpha value is -0.160. The van der Waals surface area contributed by atoms with Gasteiger partial charge in [-0.1, -0.05) is 0 Å². The Morgan fingerprint density at radius 1 is 1.67 bits per heavy atom. The van der Waals surface area contributed by atoms with Crippen LogP contribution in [-0.4, -0.2) is 31.7 Å². The zero-order chi connectivity index (χ0) is 7.11. The van der Waals surface area contributed by atoms with Crippen LogP contribution in [0.1, 0.15) is 6.92 Å². The summed E-state index contributed by atoms with van der Waals surface area (Å²) in [6.45, 7) is 2.06. The summed E-state index contributed by atoms with van der Waals surface area (Å²) in [5.41, 5.74) is 2.56. The number of rotatable bonds is 5. The topological polar surface area (TPSA) is 50.7 Å². The summed E-state index contributed by atoms with van der Waals surface area (Å²) in [4.78, 5) is 4.70. The second kappa shape index (κ2) is 5.97. The Labute approximate surface area is 54.7 Å². The normalized spacial score (nSPS) is 13.7.